The number of ether oxygens (including phenoxy) is 1. The summed E-state index contributed by atoms with van der Waals surface area (Å²) in [5.41, 5.74) is 2.22. The molecule has 1 heterocycles. The maximum absolute atomic E-state index is 11.8. The molecule has 0 N–H and O–H groups in total. The molecule has 3 aromatic rings. The Balaban J connectivity index is 1.96. The van der Waals surface area contributed by atoms with Crippen molar-refractivity contribution in [2.24, 2.45) is 0 Å². The van der Waals surface area contributed by atoms with Crippen LogP contribution in [0, 0.1) is 0 Å². The van der Waals surface area contributed by atoms with Crippen LogP contribution in [0.2, 0.25) is 0 Å². The first kappa shape index (κ1) is 14.9. The molecule has 0 aliphatic rings. The number of fused-ring (bicyclic) bond motifs is 1. The van der Waals surface area contributed by atoms with E-state index in [0.29, 0.717) is 12.2 Å². The van der Waals surface area contributed by atoms with E-state index in [1.54, 1.807) is 0 Å². The minimum atomic E-state index is -0.355. The summed E-state index contributed by atoms with van der Waals surface area (Å²) in [4.78, 5) is 11.8. The van der Waals surface area contributed by atoms with E-state index in [0.717, 1.165) is 33.2 Å². The van der Waals surface area contributed by atoms with E-state index in [4.69, 9.17) is 9.15 Å². The highest BCUT2D eigenvalue weighted by Gasteiger charge is 2.08. The Labute approximate surface area is 136 Å². The van der Waals surface area contributed by atoms with Crippen LogP contribution in [0.5, 0.6) is 5.75 Å². The maximum atomic E-state index is 11.8. The van der Waals surface area contributed by atoms with Gasteiger partial charge >= 0.3 is 5.63 Å². The van der Waals surface area contributed by atoms with Crippen molar-refractivity contribution >= 4 is 26.9 Å². The van der Waals surface area contributed by atoms with Gasteiger partial charge in [0.05, 0.1) is 4.47 Å². The fourth-order valence-electron chi connectivity index (χ4n) is 2.33. The highest BCUT2D eigenvalue weighted by atomic mass is 79.9. The van der Waals surface area contributed by atoms with Crippen molar-refractivity contribution in [3.05, 3.63) is 74.6 Å². The van der Waals surface area contributed by atoms with E-state index in [9.17, 15) is 4.79 Å². The van der Waals surface area contributed by atoms with Crippen molar-refractivity contribution in [2.45, 2.75) is 20.0 Å². The number of benzene rings is 2. The monoisotopic (exact) mass is 358 g/mol. The summed E-state index contributed by atoms with van der Waals surface area (Å²) < 4.78 is 12.0. The lowest BCUT2D eigenvalue weighted by Crippen LogP contribution is -2.04. The van der Waals surface area contributed by atoms with Crippen LogP contribution in [-0.4, -0.2) is 0 Å². The quantitative estimate of drug-likeness (QED) is 0.634. The summed E-state index contributed by atoms with van der Waals surface area (Å²) >= 11 is 3.45. The molecule has 0 amide bonds. The lowest BCUT2D eigenvalue weighted by Gasteiger charge is -2.10. The second-order valence-electron chi connectivity index (χ2n) is 4.99. The summed E-state index contributed by atoms with van der Waals surface area (Å²) in [5.74, 6) is 0.745. The highest BCUT2D eigenvalue weighted by Crippen LogP contribution is 2.26. The smallest absolute Gasteiger partial charge is 0.336 e. The third-order valence-electron chi connectivity index (χ3n) is 3.52. The molecule has 4 heteroatoms. The number of hydrogen-bond donors (Lipinski definition) is 0. The van der Waals surface area contributed by atoms with Crippen LogP contribution in [-0.2, 0) is 13.0 Å². The third-order valence-corrected chi connectivity index (χ3v) is 4.18. The second kappa shape index (κ2) is 6.36. The highest BCUT2D eigenvalue weighted by molar-refractivity contribution is 9.10. The van der Waals surface area contributed by atoms with Gasteiger partial charge in [-0.25, -0.2) is 4.79 Å². The Hall–Kier alpha value is -2.07. The van der Waals surface area contributed by atoms with Crippen LogP contribution in [0.25, 0.3) is 11.0 Å². The zero-order valence-electron chi connectivity index (χ0n) is 12.1. The number of hydrogen-bond acceptors (Lipinski definition) is 3. The molecule has 0 spiro atoms. The van der Waals surface area contributed by atoms with E-state index < -0.39 is 0 Å². The summed E-state index contributed by atoms with van der Waals surface area (Å²) in [6.07, 6.45) is 0.900. The van der Waals surface area contributed by atoms with Crippen LogP contribution in [0.4, 0.5) is 0 Å². The molecular weight excluding hydrogens is 344 g/mol. The lowest BCUT2D eigenvalue weighted by molar-refractivity contribution is 0.304. The average molecular weight is 359 g/mol. The predicted octanol–water partition coefficient (Wildman–Crippen LogP) is 4.70. The Morgan fingerprint density at radius 2 is 1.95 bits per heavy atom. The number of aryl methyl sites for hydroxylation is 1. The van der Waals surface area contributed by atoms with Crippen LogP contribution in [0.1, 0.15) is 18.1 Å². The first-order chi connectivity index (χ1) is 10.7. The van der Waals surface area contributed by atoms with Crippen molar-refractivity contribution in [1.82, 2.24) is 0 Å². The molecule has 3 nitrogen and oxygen atoms in total. The second-order valence-corrected chi connectivity index (χ2v) is 5.85. The molecule has 0 atom stereocenters. The molecule has 0 saturated heterocycles. The van der Waals surface area contributed by atoms with Gasteiger partial charge in [-0.3, -0.25) is 0 Å². The van der Waals surface area contributed by atoms with Gasteiger partial charge in [0, 0.05) is 17.0 Å². The summed E-state index contributed by atoms with van der Waals surface area (Å²) in [6, 6.07) is 15.1. The van der Waals surface area contributed by atoms with Crippen molar-refractivity contribution in [1.29, 1.82) is 0 Å². The van der Waals surface area contributed by atoms with Crippen LogP contribution in [0.15, 0.2) is 62.2 Å². The normalized spacial score (nSPS) is 10.8. The summed E-state index contributed by atoms with van der Waals surface area (Å²) in [6.45, 7) is 2.38. The molecule has 112 valence electrons. The van der Waals surface area contributed by atoms with Gasteiger partial charge in [-0.05, 0) is 46.1 Å². The van der Waals surface area contributed by atoms with Gasteiger partial charge in [0.25, 0.3) is 0 Å². The molecule has 0 bridgehead atoms. The van der Waals surface area contributed by atoms with Gasteiger partial charge in [0.15, 0.2) is 0 Å². The topological polar surface area (TPSA) is 39.4 Å². The van der Waals surface area contributed by atoms with Crippen molar-refractivity contribution in [3.8, 4) is 5.75 Å². The predicted molar refractivity (Wildman–Crippen MR) is 90.3 cm³/mol. The Kier molecular flexibility index (Phi) is 4.29. The molecule has 0 fully saturated rings. The largest absolute Gasteiger partial charge is 0.488 e. The SMILES string of the molecule is CCc1ccc2c(COc3ccccc3Br)cc(=O)oc2c1. The van der Waals surface area contributed by atoms with Gasteiger partial charge in [0.2, 0.25) is 0 Å². The minimum Gasteiger partial charge on any atom is -0.488 e. The first-order valence-corrected chi connectivity index (χ1v) is 7.89. The Bertz CT molecular complexity index is 868. The molecular formula is C18H15BrO3. The van der Waals surface area contributed by atoms with E-state index in [2.05, 4.69) is 22.9 Å². The zero-order valence-corrected chi connectivity index (χ0v) is 13.7. The molecule has 22 heavy (non-hydrogen) atoms. The van der Waals surface area contributed by atoms with Gasteiger partial charge in [-0.15, -0.1) is 0 Å². The van der Waals surface area contributed by atoms with Gasteiger partial charge in [-0.2, -0.15) is 0 Å². The molecule has 2 aromatic carbocycles. The van der Waals surface area contributed by atoms with E-state index >= 15 is 0 Å². The average Bonchev–Trinajstić information content (AvgIpc) is 2.53. The minimum absolute atomic E-state index is 0.316. The van der Waals surface area contributed by atoms with Crippen LogP contribution >= 0.6 is 15.9 Å². The van der Waals surface area contributed by atoms with Gasteiger partial charge in [-0.1, -0.05) is 31.2 Å². The van der Waals surface area contributed by atoms with E-state index in [1.165, 1.54) is 6.07 Å². The number of rotatable bonds is 4. The maximum Gasteiger partial charge on any atom is 0.336 e. The Morgan fingerprint density at radius 3 is 2.73 bits per heavy atom. The van der Waals surface area contributed by atoms with Crippen LogP contribution in [0.3, 0.4) is 0 Å². The molecule has 0 unspecified atom stereocenters. The molecule has 3 rings (SSSR count). The fourth-order valence-corrected chi connectivity index (χ4v) is 2.73. The summed E-state index contributed by atoms with van der Waals surface area (Å²) in [5, 5.41) is 0.906. The summed E-state index contributed by atoms with van der Waals surface area (Å²) in [7, 11) is 0. The van der Waals surface area contributed by atoms with E-state index in [1.807, 2.05) is 42.5 Å². The van der Waals surface area contributed by atoms with Crippen LogP contribution < -0.4 is 10.4 Å². The molecule has 0 aliphatic carbocycles. The standard InChI is InChI=1S/C18H15BrO3/c1-2-12-7-8-14-13(10-18(20)22-17(14)9-12)11-21-16-6-4-3-5-15(16)19/h3-10H,2,11H2,1H3. The fraction of sp³-hybridized carbons (Fsp3) is 0.167. The number of para-hydroxylation sites is 1. The zero-order chi connectivity index (χ0) is 15.5. The lowest BCUT2D eigenvalue weighted by atomic mass is 10.1. The van der Waals surface area contributed by atoms with Gasteiger partial charge in [0.1, 0.15) is 17.9 Å². The van der Waals surface area contributed by atoms with Gasteiger partial charge < -0.3 is 9.15 Å². The Morgan fingerprint density at radius 1 is 1.14 bits per heavy atom. The van der Waals surface area contributed by atoms with Crippen molar-refractivity contribution in [3.63, 3.8) is 0 Å². The molecule has 0 aliphatic heterocycles. The first-order valence-electron chi connectivity index (χ1n) is 7.10. The van der Waals surface area contributed by atoms with Crippen molar-refractivity contribution < 1.29 is 9.15 Å². The van der Waals surface area contributed by atoms with E-state index in [-0.39, 0.29) is 5.63 Å². The number of halogens is 1. The third kappa shape index (κ3) is 3.07. The molecule has 1 aromatic heterocycles. The molecule has 0 saturated carbocycles. The van der Waals surface area contributed by atoms with Crippen molar-refractivity contribution in [2.75, 3.05) is 0 Å². The molecule has 0 radical (unpaired) electrons.